The van der Waals surface area contributed by atoms with Gasteiger partial charge in [-0.15, -0.1) is 0 Å². The van der Waals surface area contributed by atoms with Crippen molar-refractivity contribution in [3.63, 3.8) is 0 Å². The number of benzene rings is 2. The molecule has 1 amide bonds. The average molecular weight is 551 g/mol. The SMILES string of the molecule is CC(C)(C)OC(=O)N1CC(COc2cc(-c3ccc(O)cc3)cc3c2c(C#N)nn3COCC[Si](C)(C)C)C1. The molecule has 9 nitrogen and oxygen atoms in total. The first-order chi connectivity index (χ1) is 18.3. The van der Waals surface area contributed by atoms with Crippen LogP contribution in [0.15, 0.2) is 36.4 Å². The summed E-state index contributed by atoms with van der Waals surface area (Å²) < 4.78 is 19.4. The molecule has 2 heterocycles. The van der Waals surface area contributed by atoms with Crippen LogP contribution < -0.4 is 4.74 Å². The number of aromatic nitrogens is 2. The summed E-state index contributed by atoms with van der Waals surface area (Å²) in [7, 11) is -1.24. The van der Waals surface area contributed by atoms with Crippen LogP contribution in [0.1, 0.15) is 26.5 Å². The highest BCUT2D eigenvalue weighted by Crippen LogP contribution is 2.36. The van der Waals surface area contributed by atoms with Crippen molar-refractivity contribution < 1.29 is 24.1 Å². The van der Waals surface area contributed by atoms with Gasteiger partial charge in [0, 0.05) is 33.7 Å². The second-order valence-electron chi connectivity index (χ2n) is 12.3. The van der Waals surface area contributed by atoms with E-state index < -0.39 is 13.7 Å². The maximum Gasteiger partial charge on any atom is 0.410 e. The highest BCUT2D eigenvalue weighted by atomic mass is 28.3. The molecular weight excluding hydrogens is 512 g/mol. The fourth-order valence-corrected chi connectivity index (χ4v) is 5.02. The van der Waals surface area contributed by atoms with Crippen LogP contribution in [0.4, 0.5) is 4.79 Å². The van der Waals surface area contributed by atoms with Crippen LogP contribution in [-0.2, 0) is 16.2 Å². The van der Waals surface area contributed by atoms with Crippen LogP contribution in [-0.4, -0.2) is 65.9 Å². The van der Waals surface area contributed by atoms with Gasteiger partial charge in [0.2, 0.25) is 0 Å². The van der Waals surface area contributed by atoms with E-state index in [1.807, 2.05) is 45.0 Å². The van der Waals surface area contributed by atoms with Crippen molar-refractivity contribution in [2.45, 2.75) is 58.8 Å². The molecule has 2 aromatic carbocycles. The smallest absolute Gasteiger partial charge is 0.410 e. The Morgan fingerprint density at radius 3 is 2.46 bits per heavy atom. The van der Waals surface area contributed by atoms with E-state index in [-0.39, 0.29) is 30.2 Å². The molecule has 1 aliphatic rings. The molecule has 0 radical (unpaired) electrons. The van der Waals surface area contributed by atoms with Crippen LogP contribution in [0.5, 0.6) is 11.5 Å². The number of nitrogens with zero attached hydrogens (tertiary/aromatic N) is 4. The first-order valence-corrected chi connectivity index (χ1v) is 17.0. The van der Waals surface area contributed by atoms with Gasteiger partial charge in [-0.1, -0.05) is 31.8 Å². The largest absolute Gasteiger partial charge is 0.508 e. The summed E-state index contributed by atoms with van der Waals surface area (Å²) in [6, 6.07) is 14.1. The molecule has 1 N–H and O–H groups in total. The molecule has 4 rings (SSSR count). The Hall–Kier alpha value is -3.55. The molecule has 10 heteroatoms. The van der Waals surface area contributed by atoms with Gasteiger partial charge < -0.3 is 24.2 Å². The van der Waals surface area contributed by atoms with Crippen LogP contribution in [0.3, 0.4) is 0 Å². The van der Waals surface area contributed by atoms with Crippen molar-refractivity contribution >= 4 is 25.1 Å². The minimum atomic E-state index is -1.24. The van der Waals surface area contributed by atoms with E-state index in [4.69, 9.17) is 14.2 Å². The Bertz CT molecular complexity index is 1360. The maximum atomic E-state index is 12.3. The van der Waals surface area contributed by atoms with Crippen molar-refractivity contribution in [2.75, 3.05) is 26.3 Å². The topological polar surface area (TPSA) is 110 Å². The minimum absolute atomic E-state index is 0.148. The molecule has 0 bridgehead atoms. The van der Waals surface area contributed by atoms with E-state index in [1.54, 1.807) is 21.7 Å². The number of fused-ring (bicyclic) bond motifs is 1. The predicted molar refractivity (Wildman–Crippen MR) is 152 cm³/mol. The number of phenolic OH excluding ortho intramolecular Hbond substituents is 1. The lowest BCUT2D eigenvalue weighted by atomic mass is 10.0. The Kier molecular flexibility index (Phi) is 8.23. The van der Waals surface area contributed by atoms with E-state index in [0.29, 0.717) is 37.4 Å². The van der Waals surface area contributed by atoms with Crippen molar-refractivity contribution in [2.24, 2.45) is 5.92 Å². The number of ether oxygens (including phenoxy) is 3. The number of hydrogen-bond donors (Lipinski definition) is 1. The lowest BCUT2D eigenvalue weighted by Gasteiger charge is -2.39. The lowest BCUT2D eigenvalue weighted by Crippen LogP contribution is -2.53. The third-order valence-corrected chi connectivity index (χ3v) is 8.12. The second kappa shape index (κ2) is 11.3. The van der Waals surface area contributed by atoms with Crippen LogP contribution in [0.2, 0.25) is 25.7 Å². The molecule has 39 heavy (non-hydrogen) atoms. The van der Waals surface area contributed by atoms with Crippen molar-refractivity contribution in [3.05, 3.63) is 42.1 Å². The second-order valence-corrected chi connectivity index (χ2v) is 17.9. The van der Waals surface area contributed by atoms with E-state index in [0.717, 1.165) is 22.7 Å². The first-order valence-electron chi connectivity index (χ1n) is 13.3. The average Bonchev–Trinajstić information content (AvgIpc) is 3.17. The number of likely N-dealkylation sites (tertiary alicyclic amines) is 1. The Balaban J connectivity index is 1.57. The molecule has 1 fully saturated rings. The van der Waals surface area contributed by atoms with Gasteiger partial charge in [0.05, 0.1) is 17.5 Å². The predicted octanol–water partition coefficient (Wildman–Crippen LogP) is 5.84. The number of carbonyl (C=O) groups is 1. The minimum Gasteiger partial charge on any atom is -0.508 e. The monoisotopic (exact) mass is 550 g/mol. The number of hydrogen-bond acceptors (Lipinski definition) is 7. The fourth-order valence-electron chi connectivity index (χ4n) is 4.27. The maximum absolute atomic E-state index is 12.3. The van der Waals surface area contributed by atoms with E-state index >= 15 is 0 Å². The normalized spacial score (nSPS) is 14.2. The first kappa shape index (κ1) is 28.5. The molecule has 208 valence electrons. The highest BCUT2D eigenvalue weighted by Gasteiger charge is 2.34. The van der Waals surface area contributed by atoms with E-state index in [2.05, 4.69) is 30.8 Å². The molecule has 1 aromatic heterocycles. The summed E-state index contributed by atoms with van der Waals surface area (Å²) in [4.78, 5) is 14.0. The number of phenols is 1. The van der Waals surface area contributed by atoms with Crippen molar-refractivity contribution in [3.8, 4) is 28.7 Å². The molecule has 3 aromatic rings. The zero-order chi connectivity index (χ0) is 28.4. The summed E-state index contributed by atoms with van der Waals surface area (Å²) in [5.74, 6) is 0.884. The molecule has 0 saturated carbocycles. The van der Waals surface area contributed by atoms with Gasteiger partial charge >= 0.3 is 6.09 Å². The Morgan fingerprint density at radius 2 is 1.85 bits per heavy atom. The van der Waals surface area contributed by atoms with Gasteiger partial charge in [-0.3, -0.25) is 0 Å². The third kappa shape index (κ3) is 7.31. The standard InChI is InChI=1S/C29H38N4O5Si/c1-29(2,3)38-28(35)32-16-20(17-32)18-37-26-14-22(21-7-9-23(34)10-8-21)13-25-27(26)24(15-30)31-33(25)19-36-11-12-39(4,5)6/h7-10,13-14,20,34H,11-12,16-19H2,1-6H3. The lowest BCUT2D eigenvalue weighted by molar-refractivity contribution is -0.00772. The molecule has 0 spiro atoms. The quantitative estimate of drug-likeness (QED) is 0.263. The number of rotatable bonds is 9. The van der Waals surface area contributed by atoms with Gasteiger partial charge in [-0.05, 0) is 62.2 Å². The van der Waals surface area contributed by atoms with Crippen LogP contribution in [0.25, 0.3) is 22.0 Å². The zero-order valence-electron chi connectivity index (χ0n) is 23.7. The Morgan fingerprint density at radius 1 is 1.15 bits per heavy atom. The number of amides is 1. The van der Waals surface area contributed by atoms with Gasteiger partial charge in [-0.2, -0.15) is 10.4 Å². The molecule has 0 unspecified atom stereocenters. The van der Waals surface area contributed by atoms with Crippen LogP contribution >= 0.6 is 0 Å². The third-order valence-electron chi connectivity index (χ3n) is 6.42. The summed E-state index contributed by atoms with van der Waals surface area (Å²) in [5, 5.41) is 24.8. The van der Waals surface area contributed by atoms with Crippen molar-refractivity contribution in [1.29, 1.82) is 5.26 Å². The summed E-state index contributed by atoms with van der Waals surface area (Å²) in [6.07, 6.45) is -0.322. The fraction of sp³-hybridized carbons (Fsp3) is 0.483. The van der Waals surface area contributed by atoms with Gasteiger partial charge in [0.25, 0.3) is 0 Å². The molecule has 0 atom stereocenters. The van der Waals surface area contributed by atoms with Gasteiger partial charge in [-0.25, -0.2) is 9.48 Å². The highest BCUT2D eigenvalue weighted by molar-refractivity contribution is 6.76. The number of carbonyl (C=O) groups excluding carboxylic acids is 1. The molecule has 1 aliphatic heterocycles. The zero-order valence-corrected chi connectivity index (χ0v) is 24.7. The van der Waals surface area contributed by atoms with Crippen LogP contribution in [0, 0.1) is 17.2 Å². The summed E-state index contributed by atoms with van der Waals surface area (Å²) >= 11 is 0. The summed E-state index contributed by atoms with van der Waals surface area (Å²) in [5.41, 5.74) is 2.24. The van der Waals surface area contributed by atoms with E-state index in [9.17, 15) is 15.2 Å². The molecule has 0 aliphatic carbocycles. The summed E-state index contributed by atoms with van der Waals surface area (Å²) in [6.45, 7) is 14.8. The molecule has 1 saturated heterocycles. The molecular formula is C29H38N4O5Si. The number of nitriles is 1. The van der Waals surface area contributed by atoms with Gasteiger partial charge in [0.15, 0.2) is 5.69 Å². The van der Waals surface area contributed by atoms with Crippen molar-refractivity contribution in [1.82, 2.24) is 14.7 Å². The Labute approximate surface area is 230 Å². The number of aromatic hydroxyl groups is 1. The van der Waals surface area contributed by atoms with Gasteiger partial charge in [0.1, 0.15) is 29.9 Å². The van der Waals surface area contributed by atoms with E-state index in [1.165, 1.54) is 0 Å².